The van der Waals surface area contributed by atoms with Crippen LogP contribution < -0.4 is 5.73 Å². The van der Waals surface area contributed by atoms with Crippen LogP contribution in [0.15, 0.2) is 30.9 Å². The molecule has 2 saturated heterocycles. The van der Waals surface area contributed by atoms with Crippen molar-refractivity contribution in [3.8, 4) is 0 Å². The molecule has 2 aliphatic rings. The molecule has 5 rings (SSSR count). The van der Waals surface area contributed by atoms with Crippen molar-refractivity contribution >= 4 is 47.1 Å². The maximum Gasteiger partial charge on any atom is 0.327 e. The Morgan fingerprint density at radius 3 is 3.03 bits per heavy atom. The number of anilines is 1. The lowest BCUT2D eigenvalue weighted by Crippen LogP contribution is -2.20. The average Bonchev–Trinajstić information content (AvgIpc) is 3.36. The SMILES string of the molecule is Nc1ncnc2c1ncn2[C@@H]1O[C@H](COP2(=S)OCC[C@H](c3ccc(Cl)cc3F)O2)C[C@@H]1O. The summed E-state index contributed by atoms with van der Waals surface area (Å²) in [5.74, 6) is -0.236. The fourth-order valence-corrected chi connectivity index (χ4v) is 6.15. The Balaban J connectivity index is 1.25. The van der Waals surface area contributed by atoms with Crippen LogP contribution >= 0.6 is 18.3 Å². The van der Waals surface area contributed by atoms with Gasteiger partial charge in [0, 0.05) is 23.4 Å². The summed E-state index contributed by atoms with van der Waals surface area (Å²) in [6.45, 7) is -2.85. The molecule has 2 aromatic heterocycles. The van der Waals surface area contributed by atoms with Crippen LogP contribution in [0.3, 0.4) is 0 Å². The van der Waals surface area contributed by atoms with Crippen molar-refractivity contribution in [1.29, 1.82) is 0 Å². The molecular weight excluding hydrogens is 496 g/mol. The van der Waals surface area contributed by atoms with Gasteiger partial charge < -0.3 is 29.1 Å². The van der Waals surface area contributed by atoms with Crippen LogP contribution in [0.4, 0.5) is 10.2 Å². The zero-order valence-corrected chi connectivity index (χ0v) is 19.5. The van der Waals surface area contributed by atoms with Gasteiger partial charge in [0.15, 0.2) is 17.7 Å². The van der Waals surface area contributed by atoms with Crippen LogP contribution in [0.2, 0.25) is 5.02 Å². The van der Waals surface area contributed by atoms with Crippen molar-refractivity contribution in [3.05, 3.63) is 47.3 Å². The number of hydrogen-bond donors (Lipinski definition) is 2. The van der Waals surface area contributed by atoms with E-state index < -0.39 is 37.1 Å². The summed E-state index contributed by atoms with van der Waals surface area (Å²) in [4.78, 5) is 12.3. The largest absolute Gasteiger partial charge is 0.388 e. The van der Waals surface area contributed by atoms with Crippen molar-refractivity contribution in [2.45, 2.75) is 37.4 Å². The number of hydrogen-bond acceptors (Lipinski definition) is 10. The fraction of sp³-hybridized carbons (Fsp3) is 0.421. The number of ether oxygens (including phenoxy) is 1. The molecule has 0 bridgehead atoms. The highest BCUT2D eigenvalue weighted by molar-refractivity contribution is 8.07. The first-order valence-electron chi connectivity index (χ1n) is 10.1. The molecule has 33 heavy (non-hydrogen) atoms. The molecule has 2 aliphatic heterocycles. The summed E-state index contributed by atoms with van der Waals surface area (Å²) in [5.41, 5.74) is 7.05. The molecule has 3 N–H and O–H groups in total. The Kier molecular flexibility index (Phi) is 6.36. The van der Waals surface area contributed by atoms with Gasteiger partial charge in [-0.2, -0.15) is 0 Å². The summed E-state index contributed by atoms with van der Waals surface area (Å²) < 4.78 is 39.2. The van der Waals surface area contributed by atoms with Crippen molar-refractivity contribution in [1.82, 2.24) is 19.5 Å². The van der Waals surface area contributed by atoms with Crippen molar-refractivity contribution in [2.75, 3.05) is 18.9 Å². The van der Waals surface area contributed by atoms with Gasteiger partial charge >= 0.3 is 6.72 Å². The number of benzene rings is 1. The van der Waals surface area contributed by atoms with Crippen LogP contribution in [-0.4, -0.2) is 50.0 Å². The third-order valence-corrected chi connectivity index (χ3v) is 8.04. The van der Waals surface area contributed by atoms with Gasteiger partial charge in [-0.15, -0.1) is 0 Å². The molecule has 0 aliphatic carbocycles. The Morgan fingerprint density at radius 1 is 1.36 bits per heavy atom. The number of aromatic nitrogens is 4. The zero-order chi connectivity index (χ0) is 23.2. The first kappa shape index (κ1) is 23.0. The topological polar surface area (TPSA) is 127 Å². The third kappa shape index (κ3) is 4.62. The number of nitrogens with zero attached hydrogens (tertiary/aromatic N) is 4. The van der Waals surface area contributed by atoms with Gasteiger partial charge in [-0.05, 0) is 23.9 Å². The maximum atomic E-state index is 14.3. The minimum absolute atomic E-state index is 0.0322. The molecule has 14 heteroatoms. The van der Waals surface area contributed by atoms with Gasteiger partial charge in [0.25, 0.3) is 0 Å². The van der Waals surface area contributed by atoms with Gasteiger partial charge in [0.2, 0.25) is 0 Å². The van der Waals surface area contributed by atoms with Crippen LogP contribution in [0.5, 0.6) is 0 Å². The van der Waals surface area contributed by atoms with E-state index in [1.807, 2.05) is 0 Å². The van der Waals surface area contributed by atoms with Gasteiger partial charge in [-0.3, -0.25) is 4.57 Å². The lowest BCUT2D eigenvalue weighted by molar-refractivity contribution is -0.0506. The van der Waals surface area contributed by atoms with Crippen molar-refractivity contribution < 1.29 is 27.8 Å². The van der Waals surface area contributed by atoms with Crippen LogP contribution in [0, 0.1) is 5.82 Å². The van der Waals surface area contributed by atoms with Gasteiger partial charge in [-0.1, -0.05) is 17.7 Å². The van der Waals surface area contributed by atoms with Crippen LogP contribution in [0.1, 0.15) is 30.7 Å². The summed E-state index contributed by atoms with van der Waals surface area (Å²) in [6.07, 6.45) is 0.869. The number of rotatable bonds is 5. The summed E-state index contributed by atoms with van der Waals surface area (Å²) in [5, 5.41) is 10.9. The van der Waals surface area contributed by atoms with E-state index in [0.29, 0.717) is 28.2 Å². The van der Waals surface area contributed by atoms with E-state index in [-0.39, 0.29) is 25.5 Å². The van der Waals surface area contributed by atoms with Gasteiger partial charge in [0.1, 0.15) is 23.8 Å². The lowest BCUT2D eigenvalue weighted by atomic mass is 10.1. The second kappa shape index (κ2) is 9.12. The van der Waals surface area contributed by atoms with E-state index in [1.165, 1.54) is 18.7 Å². The highest BCUT2D eigenvalue weighted by atomic mass is 35.5. The third-order valence-electron chi connectivity index (χ3n) is 5.44. The zero-order valence-electron chi connectivity index (χ0n) is 17.1. The number of aliphatic hydroxyl groups excluding tert-OH is 1. The van der Waals surface area contributed by atoms with Gasteiger partial charge in [0.05, 0.1) is 31.7 Å². The Labute approximate surface area is 198 Å². The molecule has 0 amide bonds. The Hall–Kier alpha value is -1.76. The number of imidazole rings is 1. The smallest absolute Gasteiger partial charge is 0.327 e. The molecule has 0 radical (unpaired) electrons. The number of fused-ring (bicyclic) bond motifs is 1. The molecule has 3 aromatic rings. The lowest BCUT2D eigenvalue weighted by Gasteiger charge is -2.32. The van der Waals surface area contributed by atoms with E-state index in [4.69, 9.17) is 47.4 Å². The fourth-order valence-electron chi connectivity index (χ4n) is 3.87. The molecule has 176 valence electrons. The summed E-state index contributed by atoms with van der Waals surface area (Å²) >= 11 is 11.3. The van der Waals surface area contributed by atoms with Gasteiger partial charge in [-0.25, -0.2) is 19.3 Å². The molecule has 2 fully saturated rings. The van der Waals surface area contributed by atoms with E-state index in [1.54, 1.807) is 16.7 Å². The van der Waals surface area contributed by atoms with E-state index >= 15 is 0 Å². The molecule has 10 nitrogen and oxygen atoms in total. The Morgan fingerprint density at radius 2 is 2.21 bits per heavy atom. The molecule has 4 heterocycles. The first-order chi connectivity index (χ1) is 15.8. The molecule has 5 atom stereocenters. The first-order valence-corrected chi connectivity index (χ1v) is 13.1. The number of aliphatic hydroxyl groups is 1. The quantitative estimate of drug-likeness (QED) is 0.489. The molecule has 0 spiro atoms. The Bertz CT molecular complexity index is 1230. The van der Waals surface area contributed by atoms with Crippen LogP contribution in [-0.2, 0) is 30.1 Å². The summed E-state index contributed by atoms with van der Waals surface area (Å²) in [6, 6.07) is 4.39. The average molecular weight is 516 g/mol. The van der Waals surface area contributed by atoms with Crippen molar-refractivity contribution in [3.63, 3.8) is 0 Å². The normalized spacial score (nSPS) is 30.2. The highest BCUT2D eigenvalue weighted by Crippen LogP contribution is 2.57. The maximum absolute atomic E-state index is 14.3. The predicted molar refractivity (Wildman–Crippen MR) is 120 cm³/mol. The predicted octanol–water partition coefficient (Wildman–Crippen LogP) is 3.27. The highest BCUT2D eigenvalue weighted by Gasteiger charge is 2.39. The molecular formula is C19H20ClFN5O5PS. The summed E-state index contributed by atoms with van der Waals surface area (Å²) in [7, 11) is 0. The van der Waals surface area contributed by atoms with Crippen LogP contribution in [0.25, 0.3) is 11.2 Å². The van der Waals surface area contributed by atoms with Crippen molar-refractivity contribution in [2.24, 2.45) is 0 Å². The number of nitrogen functional groups attached to an aromatic ring is 1. The van der Waals surface area contributed by atoms with E-state index in [9.17, 15) is 9.50 Å². The molecule has 1 aromatic carbocycles. The number of nitrogens with two attached hydrogens (primary N) is 1. The number of halogens is 2. The monoisotopic (exact) mass is 515 g/mol. The second-order valence-corrected chi connectivity index (χ2v) is 11.1. The minimum Gasteiger partial charge on any atom is -0.388 e. The molecule has 1 unspecified atom stereocenters. The molecule has 0 saturated carbocycles. The van der Waals surface area contributed by atoms with E-state index in [2.05, 4.69) is 15.0 Å². The minimum atomic E-state index is -3.15. The standard InChI is InChI=1S/C19H20ClFN5O5PS/c20-10-1-2-12(13(21)5-10)15-3-4-28-32(33,31-15)29-7-11-6-14(27)19(30-11)26-9-25-16-17(22)23-8-24-18(16)26/h1-2,5,8-9,11,14-15,19,27H,3-4,6-7H2,(H2,22,23,24)/t11-,14-,15+,19+,32?/m0/s1. The second-order valence-electron chi connectivity index (χ2n) is 7.66. The van der Waals surface area contributed by atoms with E-state index in [0.717, 1.165) is 0 Å².